The van der Waals surface area contributed by atoms with Crippen molar-refractivity contribution < 1.29 is 22.7 Å². The first-order valence-electron chi connectivity index (χ1n) is 12.9. The number of sulfone groups is 1. The van der Waals surface area contributed by atoms with Gasteiger partial charge in [-0.15, -0.1) is 0 Å². The molecule has 9 nitrogen and oxygen atoms in total. The molecular weight excluding hydrogens is 547 g/mol. The average Bonchev–Trinajstić information content (AvgIpc) is 2.95. The number of halogens is 1. The van der Waals surface area contributed by atoms with E-state index in [-0.39, 0.29) is 23.4 Å². The number of nitriles is 1. The van der Waals surface area contributed by atoms with Crippen LogP contribution in [0.5, 0.6) is 5.88 Å². The van der Waals surface area contributed by atoms with Crippen molar-refractivity contribution in [3.05, 3.63) is 99.6 Å². The standard InChI is InChI=1S/C30H29FN4O5S/c1-5-25(22-8-6-7-20(15-22)16-32)35-26(17-40-18(2)3)34-29(36)27(30(35)37)41(38,39)23-11-9-21(10-12-23)24-13-14-33-28(31)19(24)4/h6-15,18,25,36H,5,17H2,1-4H3/t25-/m0/s1. The predicted molar refractivity (Wildman–Crippen MR) is 149 cm³/mol. The number of hydrogen-bond acceptors (Lipinski definition) is 8. The van der Waals surface area contributed by atoms with E-state index in [2.05, 4.69) is 16.0 Å². The van der Waals surface area contributed by atoms with Crippen LogP contribution in [0, 0.1) is 24.2 Å². The van der Waals surface area contributed by atoms with Crippen LogP contribution < -0.4 is 5.56 Å². The maximum absolute atomic E-state index is 14.0. The molecule has 0 aliphatic rings. The van der Waals surface area contributed by atoms with Crippen LogP contribution in [0.15, 0.2) is 75.4 Å². The Labute approximate surface area is 237 Å². The highest BCUT2D eigenvalue weighted by atomic mass is 32.2. The van der Waals surface area contributed by atoms with Crippen LogP contribution in [0.25, 0.3) is 11.1 Å². The smallest absolute Gasteiger partial charge is 0.277 e. The quantitative estimate of drug-likeness (QED) is 0.272. The number of pyridine rings is 1. The summed E-state index contributed by atoms with van der Waals surface area (Å²) in [7, 11) is -4.55. The zero-order chi connectivity index (χ0) is 29.9. The summed E-state index contributed by atoms with van der Waals surface area (Å²) >= 11 is 0. The van der Waals surface area contributed by atoms with Crippen LogP contribution in [0.2, 0.25) is 0 Å². The molecule has 0 aliphatic heterocycles. The van der Waals surface area contributed by atoms with Crippen LogP contribution in [0.4, 0.5) is 4.39 Å². The second kappa shape index (κ2) is 12.0. The van der Waals surface area contributed by atoms with Crippen molar-refractivity contribution >= 4 is 9.84 Å². The minimum Gasteiger partial charge on any atom is -0.492 e. The second-order valence-electron chi connectivity index (χ2n) is 9.68. The Morgan fingerprint density at radius 1 is 1.15 bits per heavy atom. The van der Waals surface area contributed by atoms with Crippen LogP contribution in [0.3, 0.4) is 0 Å². The predicted octanol–water partition coefficient (Wildman–Crippen LogP) is 5.09. The van der Waals surface area contributed by atoms with Gasteiger partial charge in [-0.05, 0) is 74.2 Å². The van der Waals surface area contributed by atoms with E-state index < -0.39 is 38.2 Å². The Morgan fingerprint density at radius 2 is 1.85 bits per heavy atom. The summed E-state index contributed by atoms with van der Waals surface area (Å²) in [6, 6.07) is 15.2. The Kier molecular flexibility index (Phi) is 8.66. The summed E-state index contributed by atoms with van der Waals surface area (Å²) in [5.41, 5.74) is 1.39. The lowest BCUT2D eigenvalue weighted by Crippen LogP contribution is -2.34. The van der Waals surface area contributed by atoms with E-state index in [1.807, 2.05) is 6.92 Å². The molecule has 41 heavy (non-hydrogen) atoms. The van der Waals surface area contributed by atoms with Crippen molar-refractivity contribution in [2.45, 2.75) is 62.7 Å². The second-order valence-corrected chi connectivity index (χ2v) is 11.6. The monoisotopic (exact) mass is 576 g/mol. The van der Waals surface area contributed by atoms with Gasteiger partial charge in [-0.3, -0.25) is 9.36 Å². The number of aromatic nitrogens is 3. The number of aromatic hydroxyl groups is 1. The lowest BCUT2D eigenvalue weighted by molar-refractivity contribution is 0.0573. The van der Waals surface area contributed by atoms with Gasteiger partial charge in [0.15, 0.2) is 4.90 Å². The van der Waals surface area contributed by atoms with Crippen LogP contribution in [0.1, 0.15) is 55.7 Å². The molecule has 0 spiro atoms. The molecule has 4 aromatic rings. The molecule has 0 aliphatic carbocycles. The van der Waals surface area contributed by atoms with E-state index in [0.29, 0.717) is 34.2 Å². The first-order valence-corrected chi connectivity index (χ1v) is 14.4. The van der Waals surface area contributed by atoms with Gasteiger partial charge in [0.05, 0.1) is 28.7 Å². The first-order chi connectivity index (χ1) is 19.5. The van der Waals surface area contributed by atoms with E-state index in [0.717, 1.165) is 0 Å². The largest absolute Gasteiger partial charge is 0.492 e. The molecule has 0 saturated carbocycles. The molecule has 1 N–H and O–H groups in total. The molecule has 0 radical (unpaired) electrons. The minimum absolute atomic E-state index is 0.0416. The van der Waals surface area contributed by atoms with Crippen molar-refractivity contribution in [3.63, 3.8) is 0 Å². The Bertz CT molecular complexity index is 1800. The van der Waals surface area contributed by atoms with Crippen molar-refractivity contribution in [1.82, 2.24) is 14.5 Å². The number of hydrogen-bond donors (Lipinski definition) is 1. The van der Waals surface area contributed by atoms with Gasteiger partial charge in [-0.2, -0.15) is 14.6 Å². The van der Waals surface area contributed by atoms with Gasteiger partial charge >= 0.3 is 0 Å². The molecule has 0 fully saturated rings. The molecule has 0 unspecified atom stereocenters. The zero-order valence-corrected chi connectivity index (χ0v) is 23.8. The molecular formula is C30H29FN4O5S. The highest BCUT2D eigenvalue weighted by molar-refractivity contribution is 7.91. The summed E-state index contributed by atoms with van der Waals surface area (Å²) in [6.07, 6.45) is 1.44. The molecule has 2 heterocycles. The van der Waals surface area contributed by atoms with Gasteiger partial charge in [-0.25, -0.2) is 13.4 Å². The maximum Gasteiger partial charge on any atom is 0.277 e. The van der Waals surface area contributed by atoms with Gasteiger partial charge in [-0.1, -0.05) is 31.2 Å². The molecule has 4 rings (SSSR count). The highest BCUT2D eigenvalue weighted by Gasteiger charge is 2.32. The summed E-state index contributed by atoms with van der Waals surface area (Å²) < 4.78 is 48.4. The molecule has 2 aromatic carbocycles. The van der Waals surface area contributed by atoms with Crippen molar-refractivity contribution in [2.24, 2.45) is 0 Å². The van der Waals surface area contributed by atoms with Gasteiger partial charge < -0.3 is 9.84 Å². The topological polar surface area (TPSA) is 135 Å². The van der Waals surface area contributed by atoms with Crippen LogP contribution in [-0.2, 0) is 21.2 Å². The van der Waals surface area contributed by atoms with Crippen LogP contribution >= 0.6 is 0 Å². The molecule has 0 amide bonds. The SMILES string of the molecule is CC[C@@H](c1cccc(C#N)c1)n1c(COC(C)C)nc(O)c(S(=O)(=O)c2ccc(-c3ccnc(F)c3C)cc2)c1=O. The molecule has 2 aromatic heterocycles. The molecule has 212 valence electrons. The summed E-state index contributed by atoms with van der Waals surface area (Å²) in [6.45, 7) is 6.80. The lowest BCUT2D eigenvalue weighted by Gasteiger charge is -2.24. The van der Waals surface area contributed by atoms with E-state index in [9.17, 15) is 28.0 Å². The Balaban J connectivity index is 1.88. The van der Waals surface area contributed by atoms with E-state index in [4.69, 9.17) is 4.74 Å². The third-order valence-electron chi connectivity index (χ3n) is 6.66. The Morgan fingerprint density at radius 3 is 2.49 bits per heavy atom. The minimum atomic E-state index is -4.55. The fourth-order valence-electron chi connectivity index (χ4n) is 4.59. The zero-order valence-electron chi connectivity index (χ0n) is 23.0. The fourth-order valence-corrected chi connectivity index (χ4v) is 5.93. The fraction of sp³-hybridized carbons (Fsp3) is 0.267. The number of nitrogens with zero attached hydrogens (tertiary/aromatic N) is 4. The summed E-state index contributed by atoms with van der Waals surface area (Å²) in [5, 5.41) is 20.2. The highest BCUT2D eigenvalue weighted by Crippen LogP contribution is 2.31. The number of benzene rings is 2. The molecule has 0 saturated heterocycles. The van der Waals surface area contributed by atoms with Crippen LogP contribution in [-0.4, -0.2) is 34.2 Å². The van der Waals surface area contributed by atoms with Gasteiger partial charge in [0.1, 0.15) is 12.4 Å². The van der Waals surface area contributed by atoms with Gasteiger partial charge in [0.25, 0.3) is 5.56 Å². The third-order valence-corrected chi connectivity index (χ3v) is 8.45. The summed E-state index contributed by atoms with van der Waals surface area (Å²) in [4.78, 5) is 20.6. The third kappa shape index (κ3) is 5.89. The normalized spacial score (nSPS) is 12.3. The van der Waals surface area contributed by atoms with Crippen molar-refractivity contribution in [2.75, 3.05) is 0 Å². The molecule has 0 bridgehead atoms. The molecule has 11 heteroatoms. The first kappa shape index (κ1) is 29.6. The van der Waals surface area contributed by atoms with E-state index in [1.165, 1.54) is 35.0 Å². The Hall–Kier alpha value is -4.40. The summed E-state index contributed by atoms with van der Waals surface area (Å²) in [5.74, 6) is -1.53. The average molecular weight is 577 g/mol. The maximum atomic E-state index is 14.0. The van der Waals surface area contributed by atoms with Gasteiger partial charge in [0.2, 0.25) is 21.7 Å². The van der Waals surface area contributed by atoms with E-state index in [1.54, 1.807) is 51.1 Å². The lowest BCUT2D eigenvalue weighted by atomic mass is 10.0. The van der Waals surface area contributed by atoms with Crippen molar-refractivity contribution in [3.8, 4) is 23.1 Å². The van der Waals surface area contributed by atoms with E-state index >= 15 is 0 Å². The number of ether oxygens (including phenoxy) is 1. The molecule has 1 atom stereocenters. The van der Waals surface area contributed by atoms with Crippen molar-refractivity contribution in [1.29, 1.82) is 5.26 Å². The van der Waals surface area contributed by atoms with Gasteiger partial charge in [0, 0.05) is 11.8 Å². The number of rotatable bonds is 9.